The summed E-state index contributed by atoms with van der Waals surface area (Å²) in [6.45, 7) is 2.57. The second kappa shape index (κ2) is 6.70. The Labute approximate surface area is 124 Å². The summed E-state index contributed by atoms with van der Waals surface area (Å²) in [7, 11) is 0. The third-order valence-corrected chi connectivity index (χ3v) is 5.17. The fourth-order valence-electron chi connectivity index (χ4n) is 3.49. The quantitative estimate of drug-likeness (QED) is 0.815. The molecule has 2 amide bonds. The van der Waals surface area contributed by atoms with Gasteiger partial charge in [-0.3, -0.25) is 0 Å². The Hall–Kier alpha value is -0.910. The zero-order chi connectivity index (χ0) is 14.7. The molecule has 1 saturated carbocycles. The van der Waals surface area contributed by atoms with Crippen LogP contribution in [0, 0.1) is 11.8 Å². The molecule has 0 aromatic rings. The van der Waals surface area contributed by atoms with E-state index in [2.05, 4.69) is 5.32 Å². The van der Waals surface area contributed by atoms with Crippen molar-refractivity contribution in [3.8, 4) is 0 Å². The highest BCUT2D eigenvalue weighted by atomic mass is 32.2. The van der Waals surface area contributed by atoms with Crippen molar-refractivity contribution in [3.63, 3.8) is 0 Å². The van der Waals surface area contributed by atoms with E-state index in [4.69, 9.17) is 0 Å². The molecule has 1 heterocycles. The van der Waals surface area contributed by atoms with Gasteiger partial charge in [-0.15, -0.1) is 0 Å². The van der Waals surface area contributed by atoms with Crippen LogP contribution in [0.25, 0.3) is 0 Å². The van der Waals surface area contributed by atoms with E-state index in [9.17, 15) is 14.7 Å². The average Bonchev–Trinajstić information content (AvgIpc) is 2.95. The number of rotatable bonds is 5. The fraction of sp³-hybridized carbons (Fsp3) is 0.857. The normalized spacial score (nSPS) is 30.1. The van der Waals surface area contributed by atoms with Crippen molar-refractivity contribution in [2.75, 3.05) is 18.6 Å². The summed E-state index contributed by atoms with van der Waals surface area (Å²) in [6.07, 6.45) is 6.04. The summed E-state index contributed by atoms with van der Waals surface area (Å²) >= 11 is 1.75. The first kappa shape index (κ1) is 15.5. The molecule has 6 heteroatoms. The lowest BCUT2D eigenvalue weighted by molar-refractivity contribution is -0.142. The number of urea groups is 1. The maximum absolute atomic E-state index is 12.3. The van der Waals surface area contributed by atoms with Gasteiger partial charge in [0.25, 0.3) is 0 Å². The molecule has 4 atom stereocenters. The Morgan fingerprint density at radius 2 is 2.20 bits per heavy atom. The third-order valence-electron chi connectivity index (χ3n) is 4.53. The number of carbonyl (C=O) groups is 2. The Morgan fingerprint density at radius 1 is 1.45 bits per heavy atom. The van der Waals surface area contributed by atoms with Crippen LogP contribution in [0.3, 0.4) is 0 Å². The highest BCUT2D eigenvalue weighted by Gasteiger charge is 2.49. The lowest BCUT2D eigenvalue weighted by Crippen LogP contribution is -2.50. The Kier molecular flexibility index (Phi) is 5.18. The Morgan fingerprint density at radius 3 is 2.85 bits per heavy atom. The van der Waals surface area contributed by atoms with Gasteiger partial charge in [0.05, 0.1) is 0 Å². The molecule has 2 rings (SSSR count). The minimum absolute atomic E-state index is 0.0878. The number of hydrogen-bond donors (Lipinski definition) is 2. The lowest BCUT2D eigenvalue weighted by Gasteiger charge is -2.26. The highest BCUT2D eigenvalue weighted by Crippen LogP contribution is 2.42. The van der Waals surface area contributed by atoms with Gasteiger partial charge >= 0.3 is 12.0 Å². The summed E-state index contributed by atoms with van der Waals surface area (Å²) in [5, 5.41) is 12.4. The summed E-state index contributed by atoms with van der Waals surface area (Å²) in [4.78, 5) is 25.3. The monoisotopic (exact) mass is 300 g/mol. The molecule has 114 valence electrons. The molecular formula is C14H24N2O3S. The standard InChI is InChI=1S/C14H24N2O3S/c1-9(6-7-20-2)15-14(19)16-8-10-4-3-5-11(10)12(16)13(17)18/h9-12H,3-8H2,1-2H3,(H,15,19)(H,17,18). The lowest BCUT2D eigenvalue weighted by atomic mass is 9.94. The molecule has 2 N–H and O–H groups in total. The predicted octanol–water partition coefficient (Wildman–Crippen LogP) is 2.02. The van der Waals surface area contributed by atoms with E-state index in [-0.39, 0.29) is 18.0 Å². The van der Waals surface area contributed by atoms with Gasteiger partial charge in [0, 0.05) is 12.6 Å². The number of nitrogens with zero attached hydrogens (tertiary/aromatic N) is 1. The minimum Gasteiger partial charge on any atom is -0.480 e. The van der Waals surface area contributed by atoms with Gasteiger partial charge in [-0.2, -0.15) is 11.8 Å². The molecule has 20 heavy (non-hydrogen) atoms. The highest BCUT2D eigenvalue weighted by molar-refractivity contribution is 7.98. The summed E-state index contributed by atoms with van der Waals surface area (Å²) in [5.41, 5.74) is 0. The summed E-state index contributed by atoms with van der Waals surface area (Å²) in [5.74, 6) is 0.670. The molecule has 4 unspecified atom stereocenters. The van der Waals surface area contributed by atoms with Crippen LogP contribution in [0.5, 0.6) is 0 Å². The van der Waals surface area contributed by atoms with Crippen molar-refractivity contribution in [1.82, 2.24) is 10.2 Å². The molecule has 1 aliphatic carbocycles. The van der Waals surface area contributed by atoms with Crippen molar-refractivity contribution in [1.29, 1.82) is 0 Å². The van der Waals surface area contributed by atoms with E-state index in [1.54, 1.807) is 16.7 Å². The predicted molar refractivity (Wildman–Crippen MR) is 80.0 cm³/mol. The first-order chi connectivity index (χ1) is 9.54. The number of hydrogen-bond acceptors (Lipinski definition) is 3. The molecule has 0 aromatic carbocycles. The summed E-state index contributed by atoms with van der Waals surface area (Å²) < 4.78 is 0. The van der Waals surface area contributed by atoms with Gasteiger partial charge in [0.2, 0.25) is 0 Å². The summed E-state index contributed by atoms with van der Waals surface area (Å²) in [6, 6.07) is -0.750. The fourth-order valence-corrected chi connectivity index (χ4v) is 4.08. The van der Waals surface area contributed by atoms with Gasteiger partial charge in [-0.25, -0.2) is 9.59 Å². The van der Waals surface area contributed by atoms with E-state index in [0.29, 0.717) is 12.5 Å². The van der Waals surface area contributed by atoms with Gasteiger partial charge in [-0.05, 0) is 50.0 Å². The SMILES string of the molecule is CSCCC(C)NC(=O)N1CC2CCCC2C1C(=O)O. The topological polar surface area (TPSA) is 69.6 Å². The molecule has 1 saturated heterocycles. The van der Waals surface area contributed by atoms with E-state index >= 15 is 0 Å². The number of carbonyl (C=O) groups excluding carboxylic acids is 1. The minimum atomic E-state index is -0.855. The molecule has 0 radical (unpaired) electrons. The van der Waals surface area contributed by atoms with E-state index < -0.39 is 12.0 Å². The van der Waals surface area contributed by atoms with Crippen LogP contribution in [-0.2, 0) is 4.79 Å². The van der Waals surface area contributed by atoms with Crippen molar-refractivity contribution in [2.45, 2.75) is 44.7 Å². The van der Waals surface area contributed by atoms with Gasteiger partial charge in [0.1, 0.15) is 6.04 Å². The molecule has 0 bridgehead atoms. The first-order valence-corrected chi connectivity index (χ1v) is 8.73. The second-order valence-corrected chi connectivity index (χ2v) is 6.91. The van der Waals surface area contributed by atoms with Crippen molar-refractivity contribution in [3.05, 3.63) is 0 Å². The molecule has 2 aliphatic rings. The third kappa shape index (κ3) is 3.22. The molecule has 2 fully saturated rings. The largest absolute Gasteiger partial charge is 0.480 e. The van der Waals surface area contributed by atoms with Gasteiger partial charge in [0.15, 0.2) is 0 Å². The van der Waals surface area contributed by atoms with Crippen molar-refractivity contribution in [2.24, 2.45) is 11.8 Å². The number of aliphatic carboxylic acids is 1. The van der Waals surface area contributed by atoms with Crippen molar-refractivity contribution >= 4 is 23.8 Å². The van der Waals surface area contributed by atoms with E-state index in [1.165, 1.54) is 0 Å². The van der Waals surface area contributed by atoms with E-state index in [1.807, 2.05) is 13.2 Å². The zero-order valence-corrected chi connectivity index (χ0v) is 13.0. The molecule has 0 aromatic heterocycles. The van der Waals surface area contributed by atoms with Crippen LogP contribution in [0.4, 0.5) is 4.79 Å². The van der Waals surface area contributed by atoms with Gasteiger partial charge < -0.3 is 15.3 Å². The molecule has 1 aliphatic heterocycles. The molecular weight excluding hydrogens is 276 g/mol. The molecule has 0 spiro atoms. The number of thioether (sulfide) groups is 1. The Balaban J connectivity index is 1.96. The zero-order valence-electron chi connectivity index (χ0n) is 12.2. The number of carboxylic acid groups (broad SMARTS) is 1. The van der Waals surface area contributed by atoms with E-state index in [0.717, 1.165) is 31.4 Å². The second-order valence-electron chi connectivity index (χ2n) is 5.92. The number of amides is 2. The van der Waals surface area contributed by atoms with Gasteiger partial charge in [-0.1, -0.05) is 6.42 Å². The molecule has 5 nitrogen and oxygen atoms in total. The maximum atomic E-state index is 12.3. The van der Waals surface area contributed by atoms with Crippen LogP contribution >= 0.6 is 11.8 Å². The smallest absolute Gasteiger partial charge is 0.326 e. The van der Waals surface area contributed by atoms with Crippen LogP contribution in [-0.4, -0.2) is 52.6 Å². The maximum Gasteiger partial charge on any atom is 0.326 e. The van der Waals surface area contributed by atoms with Crippen LogP contribution in [0.15, 0.2) is 0 Å². The number of fused-ring (bicyclic) bond motifs is 1. The number of nitrogens with one attached hydrogen (secondary N) is 1. The average molecular weight is 300 g/mol. The number of carboxylic acids is 1. The van der Waals surface area contributed by atoms with Crippen LogP contribution in [0.1, 0.15) is 32.6 Å². The first-order valence-electron chi connectivity index (χ1n) is 7.33. The van der Waals surface area contributed by atoms with Crippen LogP contribution < -0.4 is 5.32 Å². The van der Waals surface area contributed by atoms with Crippen molar-refractivity contribution < 1.29 is 14.7 Å². The Bertz CT molecular complexity index is 377. The van der Waals surface area contributed by atoms with Crippen LogP contribution in [0.2, 0.25) is 0 Å². The number of likely N-dealkylation sites (tertiary alicyclic amines) is 1.